The third-order valence-corrected chi connectivity index (χ3v) is 4.98. The van der Waals surface area contributed by atoms with Crippen molar-refractivity contribution in [3.8, 4) is 0 Å². The highest BCUT2D eigenvalue weighted by Crippen LogP contribution is 2.40. The summed E-state index contributed by atoms with van der Waals surface area (Å²) in [5.41, 5.74) is 5.42. The zero-order valence-corrected chi connectivity index (χ0v) is 12.0. The van der Waals surface area contributed by atoms with Crippen LogP contribution in [0.2, 0.25) is 0 Å². The number of nitrogens with two attached hydrogens (primary N) is 1. The van der Waals surface area contributed by atoms with Gasteiger partial charge in [-0.15, -0.1) is 0 Å². The number of primary amides is 1. The normalized spacial score (nSPS) is 25.8. The van der Waals surface area contributed by atoms with E-state index in [2.05, 4.69) is 19.2 Å². The number of thioether (sulfide) groups is 1. The Kier molecular flexibility index (Phi) is 3.76. The van der Waals surface area contributed by atoms with E-state index in [1.54, 1.807) is 23.9 Å². The number of halogens is 1. The minimum Gasteiger partial charge on any atom is -0.370 e. The van der Waals surface area contributed by atoms with Crippen LogP contribution in [0.3, 0.4) is 0 Å². The molecule has 3 N–H and O–H groups in total. The first-order chi connectivity index (χ1) is 8.83. The van der Waals surface area contributed by atoms with Gasteiger partial charge < -0.3 is 11.1 Å². The molecule has 1 amide bonds. The highest BCUT2D eigenvalue weighted by molar-refractivity contribution is 7.99. The lowest BCUT2D eigenvalue weighted by atomic mass is 9.79. The SMILES string of the molecule is CC1(C)CSCC(Nc2cccc(F)c2)(C(N)=O)C1. The molecule has 104 valence electrons. The van der Waals surface area contributed by atoms with Crippen molar-refractivity contribution >= 4 is 23.4 Å². The smallest absolute Gasteiger partial charge is 0.243 e. The Morgan fingerprint density at radius 3 is 2.74 bits per heavy atom. The predicted octanol–water partition coefficient (Wildman–Crippen LogP) is 2.62. The van der Waals surface area contributed by atoms with Gasteiger partial charge in [0.05, 0.1) is 0 Å². The van der Waals surface area contributed by atoms with Crippen LogP contribution < -0.4 is 11.1 Å². The van der Waals surface area contributed by atoms with E-state index in [4.69, 9.17) is 5.73 Å². The molecule has 0 aromatic heterocycles. The Bertz CT molecular complexity index is 492. The number of carbonyl (C=O) groups is 1. The predicted molar refractivity (Wildman–Crippen MR) is 77.7 cm³/mol. The molecule has 0 aliphatic carbocycles. The monoisotopic (exact) mass is 282 g/mol. The third-order valence-electron chi connectivity index (χ3n) is 3.30. The molecule has 0 bridgehead atoms. The number of hydrogen-bond donors (Lipinski definition) is 2. The van der Waals surface area contributed by atoms with Gasteiger partial charge in [-0.25, -0.2) is 4.39 Å². The molecular weight excluding hydrogens is 263 g/mol. The lowest BCUT2D eigenvalue weighted by Crippen LogP contribution is -2.57. The quantitative estimate of drug-likeness (QED) is 0.896. The van der Waals surface area contributed by atoms with Crippen LogP contribution in [0.25, 0.3) is 0 Å². The minimum atomic E-state index is -0.805. The largest absolute Gasteiger partial charge is 0.370 e. The molecule has 1 aliphatic rings. The van der Waals surface area contributed by atoms with Crippen LogP contribution in [-0.2, 0) is 4.79 Å². The third kappa shape index (κ3) is 3.21. The molecule has 1 aliphatic heterocycles. The van der Waals surface area contributed by atoms with Gasteiger partial charge in [-0.2, -0.15) is 11.8 Å². The van der Waals surface area contributed by atoms with E-state index in [0.29, 0.717) is 17.9 Å². The molecule has 1 fully saturated rings. The van der Waals surface area contributed by atoms with Crippen molar-refractivity contribution in [1.29, 1.82) is 0 Å². The number of benzene rings is 1. The lowest BCUT2D eigenvalue weighted by molar-refractivity contribution is -0.122. The molecule has 0 saturated carbocycles. The van der Waals surface area contributed by atoms with Gasteiger partial charge in [-0.3, -0.25) is 4.79 Å². The molecule has 1 saturated heterocycles. The van der Waals surface area contributed by atoms with E-state index < -0.39 is 5.54 Å². The van der Waals surface area contributed by atoms with Gasteiger partial charge in [0.1, 0.15) is 11.4 Å². The highest BCUT2D eigenvalue weighted by atomic mass is 32.2. The summed E-state index contributed by atoms with van der Waals surface area (Å²) < 4.78 is 13.2. The van der Waals surface area contributed by atoms with E-state index >= 15 is 0 Å². The summed E-state index contributed by atoms with van der Waals surface area (Å²) in [6.07, 6.45) is 0.652. The van der Waals surface area contributed by atoms with Crippen LogP contribution >= 0.6 is 11.8 Å². The Morgan fingerprint density at radius 2 is 2.16 bits per heavy atom. The fourth-order valence-corrected chi connectivity index (χ4v) is 3.98. The maximum atomic E-state index is 13.2. The van der Waals surface area contributed by atoms with E-state index in [9.17, 15) is 9.18 Å². The van der Waals surface area contributed by atoms with Crippen molar-refractivity contribution < 1.29 is 9.18 Å². The maximum absolute atomic E-state index is 13.2. The van der Waals surface area contributed by atoms with Gasteiger partial charge in [0, 0.05) is 11.4 Å². The summed E-state index contributed by atoms with van der Waals surface area (Å²) in [6, 6.07) is 6.13. The molecule has 1 aromatic carbocycles. The van der Waals surface area contributed by atoms with Crippen LogP contribution in [0.5, 0.6) is 0 Å². The second-order valence-corrected chi connectivity index (χ2v) is 6.90. The Hall–Kier alpha value is -1.23. The van der Waals surface area contributed by atoms with Crippen LogP contribution in [0.15, 0.2) is 24.3 Å². The molecule has 1 heterocycles. The van der Waals surface area contributed by atoms with Gasteiger partial charge in [-0.1, -0.05) is 19.9 Å². The molecule has 1 aromatic rings. The number of carbonyl (C=O) groups excluding carboxylic acids is 1. The van der Waals surface area contributed by atoms with Gasteiger partial charge in [0.2, 0.25) is 5.91 Å². The standard InChI is InChI=1S/C14H19FN2OS/c1-13(2)7-14(12(16)18,9-19-8-13)17-11-5-3-4-10(15)6-11/h3-6,17H,7-9H2,1-2H3,(H2,16,18). The fourth-order valence-electron chi connectivity index (χ4n) is 2.56. The van der Waals surface area contributed by atoms with Crippen LogP contribution in [0.4, 0.5) is 10.1 Å². The number of amides is 1. The van der Waals surface area contributed by atoms with Crippen LogP contribution in [0, 0.1) is 11.2 Å². The first-order valence-electron chi connectivity index (χ1n) is 6.24. The Morgan fingerprint density at radius 1 is 1.42 bits per heavy atom. The second kappa shape index (κ2) is 5.04. The van der Waals surface area contributed by atoms with Crippen molar-refractivity contribution in [3.05, 3.63) is 30.1 Å². The number of hydrogen-bond acceptors (Lipinski definition) is 3. The second-order valence-electron chi connectivity index (χ2n) is 5.92. The Labute approximate surface area is 117 Å². The summed E-state index contributed by atoms with van der Waals surface area (Å²) in [4.78, 5) is 11.9. The maximum Gasteiger partial charge on any atom is 0.243 e. The zero-order valence-electron chi connectivity index (χ0n) is 11.2. The molecule has 1 unspecified atom stereocenters. The van der Waals surface area contributed by atoms with E-state index in [0.717, 1.165) is 5.75 Å². The summed E-state index contributed by atoms with van der Waals surface area (Å²) in [5, 5.41) is 3.15. The molecule has 19 heavy (non-hydrogen) atoms. The van der Waals surface area contributed by atoms with Crippen molar-refractivity contribution in [2.45, 2.75) is 25.8 Å². The Balaban J connectivity index is 2.28. The van der Waals surface area contributed by atoms with Gasteiger partial charge in [0.15, 0.2) is 0 Å². The molecular formula is C14H19FN2OS. The topological polar surface area (TPSA) is 55.1 Å². The molecule has 0 spiro atoms. The highest BCUT2D eigenvalue weighted by Gasteiger charge is 2.45. The fraction of sp³-hybridized carbons (Fsp3) is 0.500. The molecule has 5 heteroatoms. The van der Waals surface area contributed by atoms with Crippen molar-refractivity contribution in [1.82, 2.24) is 0 Å². The number of rotatable bonds is 3. The van der Waals surface area contributed by atoms with E-state index in [-0.39, 0.29) is 17.1 Å². The number of anilines is 1. The van der Waals surface area contributed by atoms with Gasteiger partial charge >= 0.3 is 0 Å². The minimum absolute atomic E-state index is 0.0261. The molecule has 0 radical (unpaired) electrons. The van der Waals surface area contributed by atoms with Crippen LogP contribution in [0.1, 0.15) is 20.3 Å². The lowest BCUT2D eigenvalue weighted by Gasteiger charge is -2.43. The molecule has 1 atom stereocenters. The average molecular weight is 282 g/mol. The molecule has 3 nitrogen and oxygen atoms in total. The summed E-state index contributed by atoms with van der Waals surface area (Å²) in [6.45, 7) is 4.23. The van der Waals surface area contributed by atoms with Gasteiger partial charge in [-0.05, 0) is 35.8 Å². The number of nitrogens with one attached hydrogen (secondary N) is 1. The summed E-state index contributed by atoms with van der Waals surface area (Å²) in [7, 11) is 0. The van der Waals surface area contributed by atoms with E-state index in [1.807, 2.05) is 0 Å². The first-order valence-corrected chi connectivity index (χ1v) is 7.40. The first kappa shape index (κ1) is 14.2. The molecule has 2 rings (SSSR count). The average Bonchev–Trinajstić information content (AvgIpc) is 2.27. The van der Waals surface area contributed by atoms with E-state index in [1.165, 1.54) is 12.1 Å². The van der Waals surface area contributed by atoms with Crippen LogP contribution in [-0.4, -0.2) is 23.0 Å². The zero-order chi connectivity index (χ0) is 14.1. The summed E-state index contributed by atoms with van der Waals surface area (Å²) in [5.74, 6) is 0.902. The van der Waals surface area contributed by atoms with Crippen molar-refractivity contribution in [2.24, 2.45) is 11.1 Å². The van der Waals surface area contributed by atoms with Gasteiger partial charge in [0.25, 0.3) is 0 Å². The summed E-state index contributed by atoms with van der Waals surface area (Å²) >= 11 is 1.70. The van der Waals surface area contributed by atoms with Crippen molar-refractivity contribution in [3.63, 3.8) is 0 Å². The van der Waals surface area contributed by atoms with Crippen molar-refractivity contribution in [2.75, 3.05) is 16.8 Å².